The van der Waals surface area contributed by atoms with E-state index in [1.165, 1.54) is 20.8 Å². The fourth-order valence-corrected chi connectivity index (χ4v) is 5.73. The third-order valence-corrected chi connectivity index (χ3v) is 7.14. The van der Waals surface area contributed by atoms with Crippen LogP contribution in [-0.2, 0) is 11.3 Å². The van der Waals surface area contributed by atoms with Crippen LogP contribution in [0.4, 0.5) is 5.69 Å². The number of allylic oxidation sites excluding steroid dienone is 4. The monoisotopic (exact) mass is 419 g/mol. The number of carbonyl (C=O) groups excluding carboxylic acids is 1. The largest absolute Gasteiger partial charge is 0.335 e. The van der Waals surface area contributed by atoms with E-state index in [1.807, 2.05) is 24.3 Å². The number of aryl methyl sites for hydroxylation is 1. The van der Waals surface area contributed by atoms with Gasteiger partial charge in [-0.25, -0.2) is 0 Å². The van der Waals surface area contributed by atoms with Crippen LogP contribution < -0.4 is 9.47 Å². The lowest BCUT2D eigenvalue weighted by Crippen LogP contribution is -2.33. The molecule has 0 saturated heterocycles. The molecule has 2 aromatic carbocycles. The van der Waals surface area contributed by atoms with Gasteiger partial charge in [-0.2, -0.15) is 4.57 Å². The summed E-state index contributed by atoms with van der Waals surface area (Å²) in [6.07, 6.45) is 8.82. The van der Waals surface area contributed by atoms with Gasteiger partial charge in [-0.1, -0.05) is 47.4 Å². The third-order valence-electron chi connectivity index (χ3n) is 4.88. The van der Waals surface area contributed by atoms with Gasteiger partial charge in [0, 0.05) is 29.2 Å². The maximum Gasteiger partial charge on any atom is 0.262 e. The number of benzene rings is 2. The van der Waals surface area contributed by atoms with Crippen molar-refractivity contribution in [1.82, 2.24) is 0 Å². The Hall–Kier alpha value is -2.63. The van der Waals surface area contributed by atoms with Gasteiger partial charge in [-0.3, -0.25) is 4.79 Å². The molecule has 0 aliphatic carbocycles. The van der Waals surface area contributed by atoms with Crippen molar-refractivity contribution in [3.8, 4) is 0 Å². The lowest BCUT2D eigenvalue weighted by atomic mass is 10.2. The predicted molar refractivity (Wildman–Crippen MR) is 124 cm³/mol. The molecule has 0 N–H and O–H groups in total. The van der Waals surface area contributed by atoms with Gasteiger partial charge >= 0.3 is 0 Å². The fourth-order valence-electron chi connectivity index (χ4n) is 3.48. The average molecular weight is 420 g/mol. The number of hydrogen-bond acceptors (Lipinski definition) is 4. The van der Waals surface area contributed by atoms with E-state index < -0.39 is 0 Å². The maximum atomic E-state index is 11.7. The number of thiazole rings is 1. The van der Waals surface area contributed by atoms with Crippen LogP contribution in [0.1, 0.15) is 18.9 Å². The van der Waals surface area contributed by atoms with Crippen molar-refractivity contribution in [2.75, 3.05) is 11.4 Å². The van der Waals surface area contributed by atoms with Crippen molar-refractivity contribution in [3.05, 3.63) is 82.4 Å². The molecule has 3 nitrogen and oxygen atoms in total. The standard InChI is InChI=1S/C24H23N2OS2/c1-3-25-19-9-5-7-11-21(19)28-23(25)15-13-18(17-27)14-16-24-26(4-2)20-10-6-8-12-22(20)29-24/h5-17H,3-4H2,1-2H3/q+1. The van der Waals surface area contributed by atoms with E-state index in [0.717, 1.165) is 29.4 Å². The summed E-state index contributed by atoms with van der Waals surface area (Å²) in [6, 6.07) is 16.8. The van der Waals surface area contributed by atoms with Crippen LogP contribution in [0.3, 0.4) is 0 Å². The van der Waals surface area contributed by atoms with Crippen molar-refractivity contribution in [1.29, 1.82) is 0 Å². The van der Waals surface area contributed by atoms with Crippen LogP contribution in [0.5, 0.6) is 0 Å². The van der Waals surface area contributed by atoms with E-state index in [2.05, 4.69) is 71.8 Å². The molecule has 1 aliphatic heterocycles. The SMILES string of the molecule is CCN1C(=CC=C(C=O)C=Cc2sc3ccccc3[n+]2CC)Sc2ccccc21. The Labute approximate surface area is 179 Å². The highest BCUT2D eigenvalue weighted by Gasteiger charge is 2.22. The van der Waals surface area contributed by atoms with E-state index >= 15 is 0 Å². The topological polar surface area (TPSA) is 24.2 Å². The molecule has 2 heterocycles. The number of nitrogens with zero attached hydrogens (tertiary/aromatic N) is 2. The van der Waals surface area contributed by atoms with Crippen LogP contribution in [0, 0.1) is 0 Å². The van der Waals surface area contributed by atoms with Gasteiger partial charge < -0.3 is 4.90 Å². The van der Waals surface area contributed by atoms with E-state index in [0.29, 0.717) is 5.57 Å². The first-order valence-electron chi connectivity index (χ1n) is 9.76. The van der Waals surface area contributed by atoms with Gasteiger partial charge in [0.15, 0.2) is 0 Å². The molecule has 0 fully saturated rings. The van der Waals surface area contributed by atoms with E-state index in [1.54, 1.807) is 23.1 Å². The van der Waals surface area contributed by atoms with Gasteiger partial charge in [0.25, 0.3) is 5.01 Å². The quantitative estimate of drug-likeness (QED) is 0.218. The van der Waals surface area contributed by atoms with Gasteiger partial charge in [0.05, 0.1) is 10.7 Å². The van der Waals surface area contributed by atoms with Crippen molar-refractivity contribution in [3.63, 3.8) is 0 Å². The smallest absolute Gasteiger partial charge is 0.262 e. The van der Waals surface area contributed by atoms with Crippen LogP contribution in [-0.4, -0.2) is 12.8 Å². The highest BCUT2D eigenvalue weighted by molar-refractivity contribution is 8.03. The molecule has 0 saturated carbocycles. The Morgan fingerprint density at radius 2 is 1.90 bits per heavy atom. The van der Waals surface area contributed by atoms with Crippen LogP contribution in [0.15, 0.2) is 82.3 Å². The molecule has 3 aromatic rings. The van der Waals surface area contributed by atoms with Crippen molar-refractivity contribution < 1.29 is 9.36 Å². The van der Waals surface area contributed by atoms with Crippen LogP contribution in [0.2, 0.25) is 0 Å². The Bertz CT molecular complexity index is 1140. The van der Waals surface area contributed by atoms with Crippen LogP contribution >= 0.6 is 23.1 Å². The normalized spacial score (nSPS) is 15.6. The number of rotatable bonds is 6. The third kappa shape index (κ3) is 3.93. The summed E-state index contributed by atoms with van der Waals surface area (Å²) in [4.78, 5) is 15.2. The first-order valence-corrected chi connectivity index (χ1v) is 11.4. The molecular formula is C24H23N2OS2+. The van der Waals surface area contributed by atoms with E-state index in [9.17, 15) is 4.79 Å². The highest BCUT2D eigenvalue weighted by Crippen LogP contribution is 2.45. The maximum absolute atomic E-state index is 11.7. The number of thioether (sulfide) groups is 1. The van der Waals surface area contributed by atoms with E-state index in [-0.39, 0.29) is 0 Å². The number of aromatic nitrogens is 1. The van der Waals surface area contributed by atoms with Gasteiger partial charge in [0.2, 0.25) is 5.52 Å². The molecule has 5 heteroatoms. The Morgan fingerprint density at radius 3 is 2.69 bits per heavy atom. The van der Waals surface area contributed by atoms with Crippen LogP contribution in [0.25, 0.3) is 16.3 Å². The second-order valence-electron chi connectivity index (χ2n) is 6.59. The molecule has 0 unspecified atom stereocenters. The molecule has 29 heavy (non-hydrogen) atoms. The number of anilines is 1. The van der Waals surface area contributed by atoms with Gasteiger partial charge in [-0.05, 0) is 50.3 Å². The second-order valence-corrected chi connectivity index (χ2v) is 8.71. The Kier molecular flexibility index (Phi) is 5.97. The first kappa shape index (κ1) is 19.7. The summed E-state index contributed by atoms with van der Waals surface area (Å²) in [6.45, 7) is 6.08. The lowest BCUT2D eigenvalue weighted by molar-refractivity contribution is -0.665. The van der Waals surface area contributed by atoms with Gasteiger partial charge in [-0.15, -0.1) is 0 Å². The molecule has 0 bridgehead atoms. The van der Waals surface area contributed by atoms with Gasteiger partial charge in [0.1, 0.15) is 17.5 Å². The molecule has 0 spiro atoms. The first-order chi connectivity index (χ1) is 14.2. The highest BCUT2D eigenvalue weighted by atomic mass is 32.2. The Morgan fingerprint density at radius 1 is 1.10 bits per heavy atom. The zero-order valence-electron chi connectivity index (χ0n) is 16.5. The summed E-state index contributed by atoms with van der Waals surface area (Å²) in [5, 5.41) is 2.29. The Balaban J connectivity index is 1.61. The number of carbonyl (C=O) groups is 1. The molecule has 4 rings (SSSR count). The van der Waals surface area contributed by atoms with Crippen molar-refractivity contribution in [2.24, 2.45) is 0 Å². The van der Waals surface area contributed by atoms with E-state index in [4.69, 9.17) is 0 Å². The zero-order chi connectivity index (χ0) is 20.2. The molecule has 0 atom stereocenters. The summed E-state index contributed by atoms with van der Waals surface area (Å²) in [7, 11) is 0. The second kappa shape index (κ2) is 8.80. The number of fused-ring (bicyclic) bond motifs is 2. The molecule has 1 aliphatic rings. The average Bonchev–Trinajstić information content (AvgIpc) is 3.30. The number of aldehydes is 1. The summed E-state index contributed by atoms with van der Waals surface area (Å²) in [5.74, 6) is 0. The molecule has 146 valence electrons. The molecule has 0 radical (unpaired) electrons. The minimum Gasteiger partial charge on any atom is -0.335 e. The summed E-state index contributed by atoms with van der Waals surface area (Å²) in [5.41, 5.74) is 3.12. The minimum atomic E-state index is 0.658. The predicted octanol–water partition coefficient (Wildman–Crippen LogP) is 5.82. The fraction of sp³-hybridized carbons (Fsp3) is 0.167. The molecule has 1 aromatic heterocycles. The number of para-hydroxylation sites is 2. The molecule has 0 amide bonds. The lowest BCUT2D eigenvalue weighted by Gasteiger charge is -2.17. The number of hydrogen-bond donors (Lipinski definition) is 0. The molecular weight excluding hydrogens is 396 g/mol. The summed E-state index contributed by atoms with van der Waals surface area (Å²) >= 11 is 3.49. The van der Waals surface area contributed by atoms with Crippen molar-refractivity contribution in [2.45, 2.75) is 25.3 Å². The minimum absolute atomic E-state index is 0.658. The zero-order valence-corrected chi connectivity index (χ0v) is 18.2. The summed E-state index contributed by atoms with van der Waals surface area (Å²) < 4.78 is 3.53. The van der Waals surface area contributed by atoms with Crippen molar-refractivity contribution >= 4 is 51.4 Å².